The van der Waals surface area contributed by atoms with E-state index in [2.05, 4.69) is 43.4 Å². The fraction of sp³-hybridized carbons (Fsp3) is 1.00. The lowest BCUT2D eigenvalue weighted by Gasteiger charge is -2.33. The maximum atomic E-state index is 2.65. The van der Waals surface area contributed by atoms with Gasteiger partial charge in [0.2, 0.25) is 0 Å². The van der Waals surface area contributed by atoms with Crippen molar-refractivity contribution in [3.05, 3.63) is 0 Å². The van der Waals surface area contributed by atoms with Crippen LogP contribution in [-0.2, 0) is 0 Å². The molecule has 0 nitrogen and oxygen atoms in total. The summed E-state index contributed by atoms with van der Waals surface area (Å²) in [5.74, 6) is 2.86. The topological polar surface area (TPSA) is 0 Å². The van der Waals surface area contributed by atoms with Crippen LogP contribution in [0.3, 0.4) is 0 Å². The molecule has 0 radical (unpaired) electrons. The molecule has 0 amide bonds. The highest BCUT2D eigenvalue weighted by Crippen LogP contribution is 2.37. The van der Waals surface area contributed by atoms with Crippen molar-refractivity contribution in [2.75, 3.05) is 0 Å². The highest BCUT2D eigenvalue weighted by atomic mass is 127. The largest absolute Gasteiger partial charge is 0.0823 e. The van der Waals surface area contributed by atoms with E-state index < -0.39 is 0 Å². The average molecular weight is 266 g/mol. The van der Waals surface area contributed by atoms with Crippen LogP contribution >= 0.6 is 22.6 Å². The van der Waals surface area contributed by atoms with Gasteiger partial charge in [-0.05, 0) is 30.6 Å². The van der Waals surface area contributed by atoms with E-state index in [1.54, 1.807) is 0 Å². The van der Waals surface area contributed by atoms with E-state index in [0.29, 0.717) is 0 Å². The zero-order chi connectivity index (χ0) is 8.43. The van der Waals surface area contributed by atoms with Crippen molar-refractivity contribution in [3.63, 3.8) is 0 Å². The summed E-state index contributed by atoms with van der Waals surface area (Å²) in [7, 11) is 0. The van der Waals surface area contributed by atoms with Crippen LogP contribution in [0.1, 0.15) is 40.0 Å². The van der Waals surface area contributed by atoms with E-state index >= 15 is 0 Å². The highest BCUT2D eigenvalue weighted by molar-refractivity contribution is 14.1. The van der Waals surface area contributed by atoms with E-state index in [1.807, 2.05) is 0 Å². The van der Waals surface area contributed by atoms with Gasteiger partial charge in [0.1, 0.15) is 0 Å². The highest BCUT2D eigenvalue weighted by Gasteiger charge is 2.28. The Hall–Kier alpha value is 0.730. The Kier molecular flexibility index (Phi) is 3.66. The third-order valence-corrected chi connectivity index (χ3v) is 4.37. The molecule has 0 spiro atoms. The van der Waals surface area contributed by atoms with E-state index in [9.17, 15) is 0 Å². The lowest BCUT2D eigenvalue weighted by molar-refractivity contribution is 0.252. The standard InChI is InChI=1S/C10H19I/c1-7(2)9-5-4-8(3)6-10(9)11/h7-10H,4-6H2,1-3H3/t8-,9+,10-/m0/s1. The third kappa shape index (κ3) is 2.60. The first-order valence-electron chi connectivity index (χ1n) is 4.75. The molecule has 0 saturated heterocycles. The predicted molar refractivity (Wildman–Crippen MR) is 59.2 cm³/mol. The average Bonchev–Trinajstić information content (AvgIpc) is 1.85. The van der Waals surface area contributed by atoms with Crippen molar-refractivity contribution in [1.29, 1.82) is 0 Å². The zero-order valence-corrected chi connectivity index (χ0v) is 9.97. The van der Waals surface area contributed by atoms with Gasteiger partial charge in [-0.15, -0.1) is 0 Å². The molecule has 0 bridgehead atoms. The second-order valence-electron chi connectivity index (χ2n) is 4.34. The zero-order valence-electron chi connectivity index (χ0n) is 7.81. The molecule has 0 aromatic heterocycles. The van der Waals surface area contributed by atoms with Crippen LogP contribution in [-0.4, -0.2) is 3.92 Å². The van der Waals surface area contributed by atoms with Gasteiger partial charge in [0, 0.05) is 3.92 Å². The van der Waals surface area contributed by atoms with Gasteiger partial charge in [-0.3, -0.25) is 0 Å². The van der Waals surface area contributed by atoms with Gasteiger partial charge in [0.25, 0.3) is 0 Å². The summed E-state index contributed by atoms with van der Waals surface area (Å²) in [4.78, 5) is 0. The molecule has 0 heterocycles. The first-order valence-corrected chi connectivity index (χ1v) is 6.00. The van der Waals surface area contributed by atoms with E-state index in [4.69, 9.17) is 0 Å². The van der Waals surface area contributed by atoms with Gasteiger partial charge < -0.3 is 0 Å². The fourth-order valence-corrected chi connectivity index (χ4v) is 4.14. The molecule has 3 atom stereocenters. The smallest absolute Gasteiger partial charge is 0.0143 e. The van der Waals surface area contributed by atoms with E-state index in [1.165, 1.54) is 19.3 Å². The van der Waals surface area contributed by atoms with Crippen molar-refractivity contribution in [2.24, 2.45) is 17.8 Å². The SMILES string of the molecule is CC(C)[C@H]1CC[C@H](C)C[C@@H]1I. The molecular weight excluding hydrogens is 247 g/mol. The van der Waals surface area contributed by atoms with Crippen LogP contribution < -0.4 is 0 Å². The number of halogens is 1. The third-order valence-electron chi connectivity index (χ3n) is 2.94. The lowest BCUT2D eigenvalue weighted by Crippen LogP contribution is -2.27. The number of hydrogen-bond donors (Lipinski definition) is 0. The quantitative estimate of drug-likeness (QED) is 0.499. The molecule has 1 fully saturated rings. The molecule has 1 rings (SSSR count). The van der Waals surface area contributed by atoms with Crippen LogP contribution in [0.2, 0.25) is 0 Å². The van der Waals surface area contributed by atoms with Crippen LogP contribution in [0.25, 0.3) is 0 Å². The van der Waals surface area contributed by atoms with Crippen molar-refractivity contribution in [3.8, 4) is 0 Å². The Bertz CT molecular complexity index is 120. The molecule has 0 aliphatic heterocycles. The molecule has 0 aromatic rings. The van der Waals surface area contributed by atoms with Gasteiger partial charge in [-0.1, -0.05) is 49.8 Å². The van der Waals surface area contributed by atoms with Crippen LogP contribution in [0.4, 0.5) is 0 Å². The minimum atomic E-state index is 0.893. The minimum absolute atomic E-state index is 0.893. The van der Waals surface area contributed by atoms with Crippen molar-refractivity contribution in [2.45, 2.75) is 44.0 Å². The minimum Gasteiger partial charge on any atom is -0.0823 e. The second-order valence-corrected chi connectivity index (χ2v) is 5.94. The first kappa shape index (κ1) is 9.82. The van der Waals surface area contributed by atoms with Crippen LogP contribution in [0.15, 0.2) is 0 Å². The molecule has 1 aliphatic carbocycles. The van der Waals surface area contributed by atoms with Crippen LogP contribution in [0, 0.1) is 17.8 Å². The molecule has 1 aliphatic rings. The molecule has 11 heavy (non-hydrogen) atoms. The first-order chi connectivity index (χ1) is 5.11. The van der Waals surface area contributed by atoms with Crippen molar-refractivity contribution >= 4 is 22.6 Å². The van der Waals surface area contributed by atoms with Gasteiger partial charge in [-0.25, -0.2) is 0 Å². The Morgan fingerprint density at radius 1 is 1.27 bits per heavy atom. The molecule has 0 aromatic carbocycles. The Labute approximate surface area is 84.3 Å². The molecule has 0 N–H and O–H groups in total. The normalized spacial score (nSPS) is 39.5. The van der Waals surface area contributed by atoms with Gasteiger partial charge in [0.15, 0.2) is 0 Å². The van der Waals surface area contributed by atoms with E-state index in [-0.39, 0.29) is 0 Å². The molecule has 0 unspecified atom stereocenters. The summed E-state index contributed by atoms with van der Waals surface area (Å²) in [6.45, 7) is 7.13. The maximum Gasteiger partial charge on any atom is 0.0143 e. The van der Waals surface area contributed by atoms with Crippen molar-refractivity contribution in [1.82, 2.24) is 0 Å². The molecule has 1 saturated carbocycles. The molecule has 1 heteroatoms. The Morgan fingerprint density at radius 3 is 2.36 bits per heavy atom. The number of hydrogen-bond acceptors (Lipinski definition) is 0. The van der Waals surface area contributed by atoms with Gasteiger partial charge in [-0.2, -0.15) is 0 Å². The summed E-state index contributed by atoms with van der Waals surface area (Å²) < 4.78 is 0.941. The summed E-state index contributed by atoms with van der Waals surface area (Å²) in [5.41, 5.74) is 0. The second kappa shape index (κ2) is 4.11. The fourth-order valence-electron chi connectivity index (χ4n) is 2.09. The predicted octanol–water partition coefficient (Wildman–Crippen LogP) is 3.88. The lowest BCUT2D eigenvalue weighted by atomic mass is 9.78. The maximum absolute atomic E-state index is 2.65. The monoisotopic (exact) mass is 266 g/mol. The van der Waals surface area contributed by atoms with Crippen LogP contribution in [0.5, 0.6) is 0 Å². The van der Waals surface area contributed by atoms with Gasteiger partial charge in [0.05, 0.1) is 0 Å². The summed E-state index contributed by atoms with van der Waals surface area (Å²) in [6.07, 6.45) is 4.37. The number of alkyl halides is 1. The Balaban J connectivity index is 2.44. The summed E-state index contributed by atoms with van der Waals surface area (Å²) in [6, 6.07) is 0. The van der Waals surface area contributed by atoms with Crippen molar-refractivity contribution < 1.29 is 0 Å². The summed E-state index contributed by atoms with van der Waals surface area (Å²) >= 11 is 2.65. The number of rotatable bonds is 1. The summed E-state index contributed by atoms with van der Waals surface area (Å²) in [5, 5.41) is 0. The van der Waals surface area contributed by atoms with E-state index in [0.717, 1.165) is 21.7 Å². The Morgan fingerprint density at radius 2 is 1.91 bits per heavy atom. The molecular formula is C10H19I. The van der Waals surface area contributed by atoms with Gasteiger partial charge >= 0.3 is 0 Å². The molecule has 66 valence electrons.